The van der Waals surface area contributed by atoms with Gasteiger partial charge in [-0.2, -0.15) is 0 Å². The molecule has 1 aromatic heterocycles. The van der Waals surface area contributed by atoms with E-state index >= 15 is 0 Å². The van der Waals surface area contributed by atoms with E-state index in [2.05, 4.69) is 15.5 Å². The third-order valence-electron chi connectivity index (χ3n) is 2.92. The van der Waals surface area contributed by atoms with Crippen LogP contribution in [0.4, 0.5) is 4.79 Å². The minimum absolute atomic E-state index is 0.252. The van der Waals surface area contributed by atoms with Crippen molar-refractivity contribution in [2.75, 3.05) is 6.54 Å². The van der Waals surface area contributed by atoms with Crippen LogP contribution in [-0.2, 0) is 11.3 Å². The SMILES string of the molecule is O=C1S/C(=C\c2ccccc2)C(=O)N1CCn1cnnn1. The van der Waals surface area contributed by atoms with Crippen molar-refractivity contribution in [1.82, 2.24) is 25.1 Å². The molecule has 0 radical (unpaired) electrons. The van der Waals surface area contributed by atoms with Crippen LogP contribution in [0.3, 0.4) is 0 Å². The van der Waals surface area contributed by atoms with Crippen LogP contribution in [0, 0.1) is 0 Å². The fraction of sp³-hybridized carbons (Fsp3) is 0.154. The van der Waals surface area contributed by atoms with Gasteiger partial charge in [0.1, 0.15) is 6.33 Å². The minimum atomic E-state index is -0.276. The predicted octanol–water partition coefficient (Wildman–Crippen LogP) is 1.41. The number of hydrogen-bond donors (Lipinski definition) is 0. The lowest BCUT2D eigenvalue weighted by Crippen LogP contribution is -2.31. The number of nitrogens with zero attached hydrogens (tertiary/aromatic N) is 5. The van der Waals surface area contributed by atoms with Gasteiger partial charge in [0.15, 0.2) is 0 Å². The van der Waals surface area contributed by atoms with Gasteiger partial charge in [-0.3, -0.25) is 14.5 Å². The summed E-state index contributed by atoms with van der Waals surface area (Å²) in [6.45, 7) is 0.630. The Morgan fingerprint density at radius 2 is 1.95 bits per heavy atom. The maximum absolute atomic E-state index is 12.2. The second-order valence-corrected chi connectivity index (χ2v) is 5.31. The topological polar surface area (TPSA) is 81.0 Å². The molecule has 0 spiro atoms. The lowest BCUT2D eigenvalue weighted by atomic mass is 10.2. The summed E-state index contributed by atoms with van der Waals surface area (Å²) in [6.07, 6.45) is 3.17. The van der Waals surface area contributed by atoms with Gasteiger partial charge in [-0.1, -0.05) is 30.3 Å². The second kappa shape index (κ2) is 5.88. The number of carbonyl (C=O) groups excluding carboxylic acids is 2. The Hall–Kier alpha value is -2.48. The van der Waals surface area contributed by atoms with Crippen molar-refractivity contribution in [2.24, 2.45) is 0 Å². The van der Waals surface area contributed by atoms with Crippen molar-refractivity contribution in [3.63, 3.8) is 0 Å². The maximum Gasteiger partial charge on any atom is 0.293 e. The van der Waals surface area contributed by atoms with E-state index < -0.39 is 0 Å². The second-order valence-electron chi connectivity index (χ2n) is 4.32. The van der Waals surface area contributed by atoms with Gasteiger partial charge >= 0.3 is 0 Å². The van der Waals surface area contributed by atoms with E-state index in [0.29, 0.717) is 11.4 Å². The standard InChI is InChI=1S/C13H11N5O2S/c19-12-11(8-10-4-2-1-3-5-10)21-13(20)18(12)7-6-17-9-14-15-16-17/h1-5,8-9H,6-7H2/b11-8-. The summed E-state index contributed by atoms with van der Waals surface area (Å²) in [5.41, 5.74) is 0.892. The van der Waals surface area contributed by atoms with Gasteiger partial charge in [0.25, 0.3) is 11.1 Å². The number of carbonyl (C=O) groups is 2. The van der Waals surface area contributed by atoms with Crippen molar-refractivity contribution < 1.29 is 9.59 Å². The Morgan fingerprint density at radius 1 is 1.14 bits per heavy atom. The zero-order valence-corrected chi connectivity index (χ0v) is 11.7. The molecule has 1 fully saturated rings. The molecule has 106 valence electrons. The highest BCUT2D eigenvalue weighted by molar-refractivity contribution is 8.18. The van der Waals surface area contributed by atoms with Gasteiger partial charge in [-0.25, -0.2) is 4.68 Å². The average Bonchev–Trinajstić information content (AvgIpc) is 3.08. The van der Waals surface area contributed by atoms with Crippen molar-refractivity contribution in [1.29, 1.82) is 0 Å². The molecule has 1 aliphatic heterocycles. The van der Waals surface area contributed by atoms with Crippen LogP contribution in [0.15, 0.2) is 41.6 Å². The van der Waals surface area contributed by atoms with Crippen LogP contribution >= 0.6 is 11.8 Å². The molecule has 1 saturated heterocycles. The molecule has 0 bridgehead atoms. The number of tetrazole rings is 1. The first-order valence-electron chi connectivity index (χ1n) is 6.25. The number of rotatable bonds is 4. The van der Waals surface area contributed by atoms with E-state index in [1.807, 2.05) is 30.3 Å². The molecule has 1 aromatic carbocycles. The zero-order chi connectivity index (χ0) is 14.7. The van der Waals surface area contributed by atoms with Gasteiger partial charge in [-0.15, -0.1) is 5.10 Å². The molecule has 1 aliphatic rings. The number of aromatic nitrogens is 4. The molecule has 0 saturated carbocycles. The third-order valence-corrected chi connectivity index (χ3v) is 3.82. The molecule has 8 heteroatoms. The zero-order valence-electron chi connectivity index (χ0n) is 10.9. The van der Waals surface area contributed by atoms with Crippen LogP contribution in [0.5, 0.6) is 0 Å². The van der Waals surface area contributed by atoms with Crippen LogP contribution < -0.4 is 0 Å². The van der Waals surface area contributed by atoms with Crippen molar-refractivity contribution >= 4 is 29.0 Å². The fourth-order valence-electron chi connectivity index (χ4n) is 1.88. The van der Waals surface area contributed by atoms with E-state index in [1.54, 1.807) is 6.08 Å². The summed E-state index contributed by atoms with van der Waals surface area (Å²) in [6, 6.07) is 9.43. The first-order chi connectivity index (χ1) is 10.2. The molecule has 3 rings (SSSR count). The van der Waals surface area contributed by atoms with Crippen molar-refractivity contribution in [2.45, 2.75) is 6.54 Å². The Bertz CT molecular complexity index is 684. The minimum Gasteiger partial charge on any atom is -0.268 e. The van der Waals surface area contributed by atoms with Crippen molar-refractivity contribution in [3.8, 4) is 0 Å². The fourth-order valence-corrected chi connectivity index (χ4v) is 2.74. The Morgan fingerprint density at radius 3 is 2.67 bits per heavy atom. The van der Waals surface area contributed by atoms with E-state index in [1.165, 1.54) is 15.9 Å². The quantitative estimate of drug-likeness (QED) is 0.794. The van der Waals surface area contributed by atoms with Crippen molar-refractivity contribution in [3.05, 3.63) is 47.1 Å². The molecule has 0 unspecified atom stereocenters. The molecule has 2 heterocycles. The highest BCUT2D eigenvalue weighted by atomic mass is 32.2. The smallest absolute Gasteiger partial charge is 0.268 e. The van der Waals surface area contributed by atoms with Crippen LogP contribution in [0.1, 0.15) is 5.56 Å². The van der Waals surface area contributed by atoms with Gasteiger partial charge < -0.3 is 0 Å². The van der Waals surface area contributed by atoms with Crippen LogP contribution in [0.2, 0.25) is 0 Å². The lowest BCUT2D eigenvalue weighted by Gasteiger charge is -2.11. The van der Waals surface area contributed by atoms with Gasteiger partial charge in [0.2, 0.25) is 0 Å². The third kappa shape index (κ3) is 3.00. The lowest BCUT2D eigenvalue weighted by molar-refractivity contribution is -0.122. The number of amides is 2. The van der Waals surface area contributed by atoms with Gasteiger partial charge in [-0.05, 0) is 33.8 Å². The molecular weight excluding hydrogens is 290 g/mol. The molecular formula is C13H11N5O2S. The summed E-state index contributed by atoms with van der Waals surface area (Å²) in [4.78, 5) is 25.8. The highest BCUT2D eigenvalue weighted by Crippen LogP contribution is 2.31. The van der Waals surface area contributed by atoms with E-state index in [-0.39, 0.29) is 17.7 Å². The predicted molar refractivity (Wildman–Crippen MR) is 76.9 cm³/mol. The Balaban J connectivity index is 1.71. The molecule has 2 amide bonds. The first-order valence-corrected chi connectivity index (χ1v) is 7.07. The normalized spacial score (nSPS) is 17.0. The number of imide groups is 1. The largest absolute Gasteiger partial charge is 0.293 e. The van der Waals surface area contributed by atoms with Gasteiger partial charge in [0, 0.05) is 6.54 Å². The van der Waals surface area contributed by atoms with E-state index in [0.717, 1.165) is 17.3 Å². The van der Waals surface area contributed by atoms with E-state index in [9.17, 15) is 9.59 Å². The van der Waals surface area contributed by atoms with Crippen LogP contribution in [0.25, 0.3) is 6.08 Å². The highest BCUT2D eigenvalue weighted by Gasteiger charge is 2.34. The monoisotopic (exact) mass is 301 g/mol. The Labute approximate surface area is 124 Å². The molecule has 0 N–H and O–H groups in total. The summed E-state index contributed by atoms with van der Waals surface area (Å²) in [5.74, 6) is -0.276. The summed E-state index contributed by atoms with van der Waals surface area (Å²) >= 11 is 0.951. The number of hydrogen-bond acceptors (Lipinski definition) is 6. The summed E-state index contributed by atoms with van der Waals surface area (Å²) in [5, 5.41) is 10.4. The first kappa shape index (κ1) is 13.5. The maximum atomic E-state index is 12.2. The summed E-state index contributed by atoms with van der Waals surface area (Å²) in [7, 11) is 0. The Kier molecular flexibility index (Phi) is 3.78. The van der Waals surface area contributed by atoms with Crippen LogP contribution in [-0.4, -0.2) is 42.8 Å². The van der Waals surface area contributed by atoms with Gasteiger partial charge in [0.05, 0.1) is 11.4 Å². The average molecular weight is 301 g/mol. The molecule has 21 heavy (non-hydrogen) atoms. The summed E-state index contributed by atoms with van der Waals surface area (Å²) < 4.78 is 1.48. The molecule has 0 aliphatic carbocycles. The number of benzene rings is 1. The van der Waals surface area contributed by atoms with E-state index in [4.69, 9.17) is 0 Å². The molecule has 0 atom stereocenters. The molecule has 2 aromatic rings. The molecule has 7 nitrogen and oxygen atoms in total. The number of thioether (sulfide) groups is 1.